The second-order valence-corrected chi connectivity index (χ2v) is 3.89. The molecule has 82 valence electrons. The Balaban J connectivity index is 3.02. The van der Waals surface area contributed by atoms with Gasteiger partial charge < -0.3 is 4.90 Å². The summed E-state index contributed by atoms with van der Waals surface area (Å²) in [5.74, 6) is -0.298. The number of rotatable bonds is 3. The predicted molar refractivity (Wildman–Crippen MR) is 63.2 cm³/mol. The molecule has 3 nitrogen and oxygen atoms in total. The van der Waals surface area contributed by atoms with Crippen LogP contribution in [0.1, 0.15) is 10.4 Å². The summed E-state index contributed by atoms with van der Waals surface area (Å²) in [6.45, 7) is 0. The summed E-state index contributed by atoms with van der Waals surface area (Å²) in [6, 6.07) is 8.34. The van der Waals surface area contributed by atoms with Crippen LogP contribution in [0.4, 0.5) is 0 Å². The fourth-order valence-electron chi connectivity index (χ4n) is 1.15. The van der Waals surface area contributed by atoms with Gasteiger partial charge in [-0.05, 0) is 24.3 Å². The van der Waals surface area contributed by atoms with Crippen molar-refractivity contribution in [2.75, 3.05) is 14.1 Å². The molecule has 1 rings (SSSR count). The van der Waals surface area contributed by atoms with Gasteiger partial charge >= 0.3 is 0 Å². The van der Waals surface area contributed by atoms with Crippen molar-refractivity contribution in [1.29, 1.82) is 5.26 Å². The van der Waals surface area contributed by atoms with E-state index in [1.165, 1.54) is 6.20 Å². The van der Waals surface area contributed by atoms with Crippen LogP contribution in [0.15, 0.2) is 36.0 Å². The van der Waals surface area contributed by atoms with Crippen LogP contribution in [0, 0.1) is 11.3 Å². The lowest BCUT2D eigenvalue weighted by atomic mass is 10.1. The lowest BCUT2D eigenvalue weighted by Gasteiger charge is -2.05. The van der Waals surface area contributed by atoms with E-state index in [9.17, 15) is 4.79 Å². The van der Waals surface area contributed by atoms with Crippen molar-refractivity contribution in [3.8, 4) is 6.07 Å². The Labute approximate surface area is 99.5 Å². The molecule has 0 aliphatic rings. The molecule has 1 aromatic rings. The topological polar surface area (TPSA) is 44.1 Å². The van der Waals surface area contributed by atoms with Crippen LogP contribution in [0.3, 0.4) is 0 Å². The predicted octanol–water partition coefficient (Wildman–Crippen LogP) is 2.49. The molecule has 0 fully saturated rings. The van der Waals surface area contributed by atoms with Gasteiger partial charge in [0, 0.05) is 30.9 Å². The number of nitrogens with zero attached hydrogens (tertiary/aromatic N) is 2. The zero-order valence-electron chi connectivity index (χ0n) is 9.07. The van der Waals surface area contributed by atoms with E-state index in [4.69, 9.17) is 16.9 Å². The average Bonchev–Trinajstić information content (AvgIpc) is 2.25. The van der Waals surface area contributed by atoms with E-state index in [2.05, 4.69) is 0 Å². The van der Waals surface area contributed by atoms with E-state index in [1.807, 2.05) is 6.07 Å². The SMILES string of the molecule is CN(C)/C=C(/C#N)C(=O)c1ccc(Cl)cc1. The van der Waals surface area contributed by atoms with Gasteiger partial charge in [0.05, 0.1) is 0 Å². The summed E-state index contributed by atoms with van der Waals surface area (Å²) in [5, 5.41) is 9.43. The number of hydrogen-bond donors (Lipinski definition) is 0. The minimum absolute atomic E-state index is 0.104. The zero-order valence-corrected chi connectivity index (χ0v) is 9.82. The lowest BCUT2D eigenvalue weighted by molar-refractivity contribution is 0.103. The van der Waals surface area contributed by atoms with E-state index in [0.717, 1.165) is 0 Å². The molecular formula is C12H11ClN2O. The van der Waals surface area contributed by atoms with Gasteiger partial charge in [0.15, 0.2) is 0 Å². The highest BCUT2D eigenvalue weighted by Crippen LogP contribution is 2.13. The molecule has 0 amide bonds. The largest absolute Gasteiger partial charge is 0.382 e. The van der Waals surface area contributed by atoms with Gasteiger partial charge in [-0.2, -0.15) is 5.26 Å². The molecule has 0 aromatic heterocycles. The molecular weight excluding hydrogens is 224 g/mol. The maximum absolute atomic E-state index is 11.9. The van der Waals surface area contributed by atoms with Crippen molar-refractivity contribution < 1.29 is 4.79 Å². The summed E-state index contributed by atoms with van der Waals surface area (Å²) in [4.78, 5) is 13.5. The van der Waals surface area contributed by atoms with Crippen LogP contribution >= 0.6 is 11.6 Å². The first-order chi connectivity index (χ1) is 7.54. The van der Waals surface area contributed by atoms with E-state index >= 15 is 0 Å². The van der Waals surface area contributed by atoms with Crippen LogP contribution < -0.4 is 0 Å². The minimum atomic E-state index is -0.298. The third-order valence-corrected chi connectivity index (χ3v) is 2.11. The first-order valence-electron chi connectivity index (χ1n) is 4.63. The fraction of sp³-hybridized carbons (Fsp3) is 0.167. The zero-order chi connectivity index (χ0) is 12.1. The molecule has 0 saturated heterocycles. The summed E-state index contributed by atoms with van der Waals surface area (Å²) in [7, 11) is 3.51. The van der Waals surface area contributed by atoms with Crippen molar-refractivity contribution in [1.82, 2.24) is 4.90 Å². The summed E-state index contributed by atoms with van der Waals surface area (Å²) >= 11 is 5.71. The first kappa shape index (κ1) is 12.3. The summed E-state index contributed by atoms with van der Waals surface area (Å²) in [6.07, 6.45) is 1.50. The molecule has 0 heterocycles. The van der Waals surface area contributed by atoms with E-state index in [1.54, 1.807) is 43.3 Å². The van der Waals surface area contributed by atoms with Crippen LogP contribution in [0.5, 0.6) is 0 Å². The van der Waals surface area contributed by atoms with Crippen LogP contribution in [0.25, 0.3) is 0 Å². The maximum Gasteiger partial charge on any atom is 0.205 e. The molecule has 0 N–H and O–H groups in total. The van der Waals surface area contributed by atoms with Gasteiger partial charge in [0.2, 0.25) is 5.78 Å². The molecule has 0 bridgehead atoms. The number of Topliss-reactive ketones (excluding diaryl/α,β-unsaturated/α-hetero) is 1. The third-order valence-electron chi connectivity index (χ3n) is 1.86. The van der Waals surface area contributed by atoms with Gasteiger partial charge in [-0.25, -0.2) is 0 Å². The third kappa shape index (κ3) is 3.11. The Bertz CT molecular complexity index is 455. The van der Waals surface area contributed by atoms with Crippen molar-refractivity contribution in [3.05, 3.63) is 46.6 Å². The van der Waals surface area contributed by atoms with Crippen LogP contribution in [-0.2, 0) is 0 Å². The van der Waals surface area contributed by atoms with Crippen molar-refractivity contribution in [2.24, 2.45) is 0 Å². The molecule has 0 spiro atoms. The number of halogens is 1. The van der Waals surface area contributed by atoms with Gasteiger partial charge in [0.1, 0.15) is 11.6 Å². The molecule has 0 saturated carbocycles. The highest BCUT2D eigenvalue weighted by molar-refractivity contribution is 6.30. The average molecular weight is 235 g/mol. The molecule has 0 aliphatic heterocycles. The quantitative estimate of drug-likeness (QED) is 0.459. The Kier molecular flexibility index (Phi) is 4.10. The van der Waals surface area contributed by atoms with Crippen molar-refractivity contribution in [3.63, 3.8) is 0 Å². The number of ketones is 1. The standard InChI is InChI=1S/C12H11ClN2O/c1-15(2)8-10(7-14)12(16)9-3-5-11(13)6-4-9/h3-6,8H,1-2H3/b10-8-. The van der Waals surface area contributed by atoms with Crippen LogP contribution in [-0.4, -0.2) is 24.8 Å². The van der Waals surface area contributed by atoms with E-state index in [0.29, 0.717) is 10.6 Å². The van der Waals surface area contributed by atoms with Crippen molar-refractivity contribution in [2.45, 2.75) is 0 Å². The second-order valence-electron chi connectivity index (χ2n) is 3.45. The number of carbonyl (C=O) groups excluding carboxylic acids is 1. The molecule has 0 radical (unpaired) electrons. The Morgan fingerprint density at radius 2 is 1.94 bits per heavy atom. The second kappa shape index (κ2) is 5.34. The van der Waals surface area contributed by atoms with E-state index in [-0.39, 0.29) is 11.4 Å². The van der Waals surface area contributed by atoms with Crippen molar-refractivity contribution >= 4 is 17.4 Å². The van der Waals surface area contributed by atoms with Gasteiger partial charge in [-0.15, -0.1) is 0 Å². The number of hydrogen-bond acceptors (Lipinski definition) is 3. The number of nitriles is 1. The Hall–Kier alpha value is -1.79. The lowest BCUT2D eigenvalue weighted by Crippen LogP contribution is -2.08. The molecule has 0 aliphatic carbocycles. The Morgan fingerprint density at radius 3 is 2.38 bits per heavy atom. The Morgan fingerprint density at radius 1 is 1.38 bits per heavy atom. The van der Waals surface area contributed by atoms with Gasteiger partial charge in [0.25, 0.3) is 0 Å². The molecule has 4 heteroatoms. The highest BCUT2D eigenvalue weighted by Gasteiger charge is 2.11. The minimum Gasteiger partial charge on any atom is -0.382 e. The monoisotopic (exact) mass is 234 g/mol. The molecule has 1 aromatic carbocycles. The van der Waals surface area contributed by atoms with Gasteiger partial charge in [-0.3, -0.25) is 4.79 Å². The normalized spacial score (nSPS) is 10.8. The molecule has 0 atom stereocenters. The fourth-order valence-corrected chi connectivity index (χ4v) is 1.28. The first-order valence-corrected chi connectivity index (χ1v) is 5.01. The highest BCUT2D eigenvalue weighted by atomic mass is 35.5. The molecule has 16 heavy (non-hydrogen) atoms. The summed E-state index contributed by atoms with van der Waals surface area (Å²) < 4.78 is 0. The number of carbonyl (C=O) groups is 1. The number of benzene rings is 1. The molecule has 0 unspecified atom stereocenters. The van der Waals surface area contributed by atoms with E-state index < -0.39 is 0 Å². The maximum atomic E-state index is 11.9. The smallest absolute Gasteiger partial charge is 0.205 e. The number of allylic oxidation sites excluding steroid dienone is 1. The summed E-state index contributed by atoms with van der Waals surface area (Å²) in [5.41, 5.74) is 0.561. The van der Waals surface area contributed by atoms with Crippen LogP contribution in [0.2, 0.25) is 5.02 Å². The van der Waals surface area contributed by atoms with Gasteiger partial charge in [-0.1, -0.05) is 11.6 Å².